The minimum absolute atomic E-state index is 0.106. The smallest absolute Gasteiger partial charge is 0.339 e. The first-order valence-electron chi connectivity index (χ1n) is 9.82. The highest BCUT2D eigenvalue weighted by Gasteiger charge is 2.22. The van der Waals surface area contributed by atoms with Crippen LogP contribution >= 0.6 is 0 Å². The number of carbonyl (C=O) groups excluding carboxylic acids is 3. The average Bonchev–Trinajstić information content (AvgIpc) is 2.76. The number of anilines is 2. The molecule has 0 saturated carbocycles. The van der Waals surface area contributed by atoms with Gasteiger partial charge in [0.25, 0.3) is 11.8 Å². The number of benzene rings is 3. The molecule has 0 aliphatic carbocycles. The van der Waals surface area contributed by atoms with Crippen molar-refractivity contribution in [3.63, 3.8) is 0 Å². The molecule has 0 bridgehead atoms. The number of esters is 1. The van der Waals surface area contributed by atoms with E-state index in [1.807, 2.05) is 50.2 Å². The molecule has 0 fully saturated rings. The van der Waals surface area contributed by atoms with Crippen LogP contribution < -0.4 is 10.2 Å². The summed E-state index contributed by atoms with van der Waals surface area (Å²) >= 11 is 0. The van der Waals surface area contributed by atoms with Crippen LogP contribution in [-0.2, 0) is 9.53 Å². The highest BCUT2D eigenvalue weighted by molar-refractivity contribution is 6.12. The monoisotopic (exact) mass is 416 g/mol. The topological polar surface area (TPSA) is 75.7 Å². The molecule has 6 heteroatoms. The fraction of sp³-hybridized carbons (Fsp3) is 0.160. The molecule has 31 heavy (non-hydrogen) atoms. The fourth-order valence-electron chi connectivity index (χ4n) is 3.25. The van der Waals surface area contributed by atoms with Gasteiger partial charge in [0, 0.05) is 18.4 Å². The highest BCUT2D eigenvalue weighted by Crippen LogP contribution is 2.18. The molecule has 158 valence electrons. The summed E-state index contributed by atoms with van der Waals surface area (Å²) in [6.07, 6.45) is 0. The molecular formula is C25H24N2O4. The van der Waals surface area contributed by atoms with Crippen LogP contribution in [0.5, 0.6) is 0 Å². The zero-order valence-corrected chi connectivity index (χ0v) is 17.7. The van der Waals surface area contributed by atoms with Crippen molar-refractivity contribution < 1.29 is 19.1 Å². The molecule has 2 amide bonds. The average molecular weight is 416 g/mol. The molecule has 6 nitrogen and oxygen atoms in total. The van der Waals surface area contributed by atoms with Crippen molar-refractivity contribution in [1.29, 1.82) is 0 Å². The lowest BCUT2D eigenvalue weighted by molar-refractivity contribution is -0.119. The van der Waals surface area contributed by atoms with E-state index in [4.69, 9.17) is 4.74 Å². The molecular weight excluding hydrogens is 392 g/mol. The summed E-state index contributed by atoms with van der Waals surface area (Å²) in [5, 5.41) is 2.72. The van der Waals surface area contributed by atoms with E-state index in [0.717, 1.165) is 11.1 Å². The lowest BCUT2D eigenvalue weighted by atomic mass is 10.1. The molecule has 0 spiro atoms. The number of hydrogen-bond acceptors (Lipinski definition) is 4. The standard InChI is InChI=1S/C25H24N2O4/c1-17-13-18(2)15-19(14-17)26-23(28)16-31-25(30)22-12-8-7-11-21(22)24(29)27(3)20-9-5-4-6-10-20/h4-15H,16H2,1-3H3,(H,26,28). The van der Waals surface area contributed by atoms with Gasteiger partial charge in [-0.1, -0.05) is 36.4 Å². The van der Waals surface area contributed by atoms with Crippen molar-refractivity contribution >= 4 is 29.2 Å². The van der Waals surface area contributed by atoms with Crippen molar-refractivity contribution in [3.05, 3.63) is 95.1 Å². The van der Waals surface area contributed by atoms with E-state index >= 15 is 0 Å². The molecule has 0 heterocycles. The zero-order valence-electron chi connectivity index (χ0n) is 17.7. The first kappa shape index (κ1) is 21.8. The first-order chi connectivity index (χ1) is 14.8. The van der Waals surface area contributed by atoms with Gasteiger partial charge in [-0.25, -0.2) is 4.79 Å². The quantitative estimate of drug-likeness (QED) is 0.605. The van der Waals surface area contributed by atoms with Crippen molar-refractivity contribution in [1.82, 2.24) is 0 Å². The Bertz CT molecular complexity index is 1090. The van der Waals surface area contributed by atoms with Crippen LogP contribution in [0.4, 0.5) is 11.4 Å². The summed E-state index contributed by atoms with van der Waals surface area (Å²) in [4.78, 5) is 39.3. The third-order valence-electron chi connectivity index (χ3n) is 4.67. The van der Waals surface area contributed by atoms with Crippen LogP contribution in [-0.4, -0.2) is 31.4 Å². The summed E-state index contributed by atoms with van der Waals surface area (Å²) in [7, 11) is 1.64. The summed E-state index contributed by atoms with van der Waals surface area (Å²) < 4.78 is 5.18. The molecule has 0 saturated heterocycles. The number of nitrogens with one attached hydrogen (secondary N) is 1. The molecule has 3 aromatic rings. The highest BCUT2D eigenvalue weighted by atomic mass is 16.5. The van der Waals surface area contributed by atoms with Gasteiger partial charge in [-0.15, -0.1) is 0 Å². The van der Waals surface area contributed by atoms with Crippen molar-refractivity contribution in [3.8, 4) is 0 Å². The fourth-order valence-corrected chi connectivity index (χ4v) is 3.25. The summed E-state index contributed by atoms with van der Waals surface area (Å²) in [5.74, 6) is -1.54. The minimum atomic E-state index is -0.735. The Labute approximate surface area is 181 Å². The third-order valence-corrected chi connectivity index (χ3v) is 4.67. The Balaban J connectivity index is 1.68. The molecule has 0 atom stereocenters. The lowest BCUT2D eigenvalue weighted by Gasteiger charge is -2.18. The van der Waals surface area contributed by atoms with E-state index in [1.165, 1.54) is 11.0 Å². The molecule has 0 aliphatic heterocycles. The third kappa shape index (κ3) is 5.57. The molecule has 0 aromatic heterocycles. The van der Waals surface area contributed by atoms with Gasteiger partial charge in [0.15, 0.2) is 6.61 Å². The maximum atomic E-state index is 13.0. The Morgan fingerprint density at radius 1 is 0.839 bits per heavy atom. The second-order valence-electron chi connectivity index (χ2n) is 7.25. The van der Waals surface area contributed by atoms with Crippen molar-refractivity contribution in [2.24, 2.45) is 0 Å². The van der Waals surface area contributed by atoms with Crippen molar-refractivity contribution in [2.45, 2.75) is 13.8 Å². The van der Waals surface area contributed by atoms with Gasteiger partial charge in [0.1, 0.15) is 0 Å². The predicted octanol–water partition coefficient (Wildman–Crippen LogP) is 4.38. The van der Waals surface area contributed by atoms with E-state index in [2.05, 4.69) is 5.32 Å². The van der Waals surface area contributed by atoms with E-state index in [1.54, 1.807) is 37.4 Å². The molecule has 3 rings (SSSR count). The Hall–Kier alpha value is -3.93. The number of carbonyl (C=O) groups is 3. The van der Waals surface area contributed by atoms with Gasteiger partial charge in [0.05, 0.1) is 11.1 Å². The van der Waals surface area contributed by atoms with Crippen LogP contribution in [0, 0.1) is 13.8 Å². The number of aryl methyl sites for hydroxylation is 2. The summed E-state index contributed by atoms with van der Waals surface area (Å²) in [5.41, 5.74) is 3.68. The Kier molecular flexibility index (Phi) is 6.82. The number of hydrogen-bond donors (Lipinski definition) is 1. The summed E-state index contributed by atoms with van der Waals surface area (Å²) in [6, 6.07) is 21.2. The maximum absolute atomic E-state index is 13.0. The molecule has 1 N–H and O–H groups in total. The van der Waals surface area contributed by atoms with Gasteiger partial charge in [0.2, 0.25) is 0 Å². The summed E-state index contributed by atoms with van der Waals surface area (Å²) in [6.45, 7) is 3.41. The number of amides is 2. The first-order valence-corrected chi connectivity index (χ1v) is 9.82. The second-order valence-corrected chi connectivity index (χ2v) is 7.25. The lowest BCUT2D eigenvalue weighted by Crippen LogP contribution is -2.28. The largest absolute Gasteiger partial charge is 0.452 e. The predicted molar refractivity (Wildman–Crippen MR) is 120 cm³/mol. The van der Waals surface area contributed by atoms with E-state index in [-0.39, 0.29) is 17.0 Å². The van der Waals surface area contributed by atoms with Gasteiger partial charge < -0.3 is 15.0 Å². The van der Waals surface area contributed by atoms with Crippen LogP contribution in [0.1, 0.15) is 31.8 Å². The van der Waals surface area contributed by atoms with Crippen molar-refractivity contribution in [2.75, 3.05) is 23.9 Å². The molecule has 0 radical (unpaired) electrons. The van der Waals surface area contributed by atoms with Crippen LogP contribution in [0.3, 0.4) is 0 Å². The van der Waals surface area contributed by atoms with Crippen LogP contribution in [0.2, 0.25) is 0 Å². The normalized spacial score (nSPS) is 10.3. The molecule has 3 aromatic carbocycles. The van der Waals surface area contributed by atoms with Gasteiger partial charge in [-0.2, -0.15) is 0 Å². The SMILES string of the molecule is Cc1cc(C)cc(NC(=O)COC(=O)c2ccccc2C(=O)N(C)c2ccccc2)c1. The second kappa shape index (κ2) is 9.71. The maximum Gasteiger partial charge on any atom is 0.339 e. The number of nitrogens with zero attached hydrogens (tertiary/aromatic N) is 1. The van der Waals surface area contributed by atoms with E-state index in [0.29, 0.717) is 11.4 Å². The number of ether oxygens (including phenoxy) is 1. The van der Waals surface area contributed by atoms with Gasteiger partial charge >= 0.3 is 5.97 Å². The minimum Gasteiger partial charge on any atom is -0.452 e. The molecule has 0 unspecified atom stereocenters. The van der Waals surface area contributed by atoms with Gasteiger partial charge in [-0.05, 0) is 61.4 Å². The van der Waals surface area contributed by atoms with E-state index < -0.39 is 18.5 Å². The molecule has 0 aliphatic rings. The van der Waals surface area contributed by atoms with E-state index in [9.17, 15) is 14.4 Å². The van der Waals surface area contributed by atoms with Crippen LogP contribution in [0.15, 0.2) is 72.8 Å². The Morgan fingerprint density at radius 2 is 1.42 bits per heavy atom. The Morgan fingerprint density at radius 3 is 2.06 bits per heavy atom. The van der Waals surface area contributed by atoms with Gasteiger partial charge in [-0.3, -0.25) is 9.59 Å². The number of rotatable bonds is 6. The number of para-hydroxylation sites is 1. The zero-order chi connectivity index (χ0) is 22.4. The van der Waals surface area contributed by atoms with Crippen LogP contribution in [0.25, 0.3) is 0 Å².